The molecule has 2 aromatic carbocycles. The number of para-hydroxylation sites is 1. The van der Waals surface area contributed by atoms with Crippen molar-refractivity contribution in [2.45, 2.75) is 19.3 Å². The van der Waals surface area contributed by atoms with Crippen LogP contribution in [0.15, 0.2) is 53.3 Å². The van der Waals surface area contributed by atoms with E-state index in [1.807, 2.05) is 49.4 Å². The van der Waals surface area contributed by atoms with E-state index >= 15 is 0 Å². The Morgan fingerprint density at radius 3 is 2.64 bits per heavy atom. The normalized spacial score (nSPS) is 16.4. The zero-order chi connectivity index (χ0) is 17.4. The Balaban J connectivity index is 1.88. The lowest BCUT2D eigenvalue weighted by Gasteiger charge is -2.25. The van der Waals surface area contributed by atoms with Gasteiger partial charge in [-0.2, -0.15) is 0 Å². The summed E-state index contributed by atoms with van der Waals surface area (Å²) < 4.78 is 10.9. The second-order valence-corrected chi connectivity index (χ2v) is 5.98. The molecule has 25 heavy (non-hydrogen) atoms. The first-order chi connectivity index (χ1) is 12.2. The van der Waals surface area contributed by atoms with E-state index in [0.29, 0.717) is 23.4 Å². The van der Waals surface area contributed by atoms with E-state index in [4.69, 9.17) is 9.47 Å². The summed E-state index contributed by atoms with van der Waals surface area (Å²) >= 11 is 0. The smallest absolute Gasteiger partial charge is 0.312 e. The van der Waals surface area contributed by atoms with Crippen LogP contribution < -0.4 is 15.0 Å². The molecule has 5 nitrogen and oxygen atoms in total. The van der Waals surface area contributed by atoms with Crippen molar-refractivity contribution >= 4 is 16.9 Å². The first-order valence-electron chi connectivity index (χ1n) is 8.25. The predicted molar refractivity (Wildman–Crippen MR) is 94.3 cm³/mol. The highest BCUT2D eigenvalue weighted by Crippen LogP contribution is 2.40. The topological polar surface area (TPSA) is 68.4 Å². The van der Waals surface area contributed by atoms with Gasteiger partial charge >= 0.3 is 5.97 Å². The lowest BCUT2D eigenvalue weighted by molar-refractivity contribution is -0.135. The van der Waals surface area contributed by atoms with Gasteiger partial charge in [-0.1, -0.05) is 24.3 Å². The number of benzene rings is 2. The number of carbonyl (C=O) groups excluding carboxylic acids is 1. The Morgan fingerprint density at radius 1 is 1.12 bits per heavy atom. The van der Waals surface area contributed by atoms with Crippen LogP contribution >= 0.6 is 0 Å². The molecular formula is C20H17NO4. The van der Waals surface area contributed by atoms with Gasteiger partial charge in [0.25, 0.3) is 5.56 Å². The number of nitrogens with one attached hydrogen (secondary N) is 1. The molecule has 1 unspecified atom stereocenters. The molecule has 0 saturated heterocycles. The number of hydrogen-bond donors (Lipinski definition) is 1. The average Bonchev–Trinajstić information content (AvgIpc) is 2.62. The van der Waals surface area contributed by atoms with Crippen LogP contribution in [0, 0.1) is 0 Å². The maximum Gasteiger partial charge on any atom is 0.312 e. The minimum atomic E-state index is -0.333. The third kappa shape index (κ3) is 2.67. The second-order valence-electron chi connectivity index (χ2n) is 5.98. The summed E-state index contributed by atoms with van der Waals surface area (Å²) in [6.45, 7) is 2.51. The highest BCUT2D eigenvalue weighted by Gasteiger charge is 2.32. The van der Waals surface area contributed by atoms with Crippen LogP contribution in [0.3, 0.4) is 0 Å². The maximum absolute atomic E-state index is 12.7. The van der Waals surface area contributed by atoms with E-state index in [2.05, 4.69) is 4.98 Å². The van der Waals surface area contributed by atoms with Crippen LogP contribution in [-0.2, 0) is 4.79 Å². The number of aromatic amines is 1. The van der Waals surface area contributed by atoms with E-state index in [9.17, 15) is 9.59 Å². The molecule has 1 aliphatic rings. The average molecular weight is 335 g/mol. The largest absolute Gasteiger partial charge is 0.494 e. The number of carbonyl (C=O) groups is 1. The summed E-state index contributed by atoms with van der Waals surface area (Å²) in [6, 6.07) is 14.8. The summed E-state index contributed by atoms with van der Waals surface area (Å²) in [4.78, 5) is 27.7. The third-order valence-electron chi connectivity index (χ3n) is 4.44. The van der Waals surface area contributed by atoms with Gasteiger partial charge < -0.3 is 14.5 Å². The zero-order valence-corrected chi connectivity index (χ0v) is 13.7. The van der Waals surface area contributed by atoms with Gasteiger partial charge in [-0.3, -0.25) is 9.59 Å². The Bertz CT molecular complexity index is 1000. The van der Waals surface area contributed by atoms with E-state index in [0.717, 1.165) is 16.7 Å². The number of pyridine rings is 1. The second kappa shape index (κ2) is 6.09. The molecule has 0 aliphatic carbocycles. The Kier molecular flexibility index (Phi) is 3.76. The fourth-order valence-electron chi connectivity index (χ4n) is 3.33. The van der Waals surface area contributed by atoms with Gasteiger partial charge in [-0.15, -0.1) is 0 Å². The monoisotopic (exact) mass is 335 g/mol. The Morgan fingerprint density at radius 2 is 1.88 bits per heavy atom. The highest BCUT2D eigenvalue weighted by atomic mass is 16.5. The van der Waals surface area contributed by atoms with E-state index in [1.54, 1.807) is 6.07 Å². The van der Waals surface area contributed by atoms with Crippen molar-refractivity contribution in [2.75, 3.05) is 6.61 Å². The van der Waals surface area contributed by atoms with Crippen LogP contribution in [-0.4, -0.2) is 17.6 Å². The highest BCUT2D eigenvalue weighted by molar-refractivity contribution is 5.91. The molecule has 0 fully saturated rings. The molecule has 1 atom stereocenters. The summed E-state index contributed by atoms with van der Waals surface area (Å²) in [5, 5.41) is 0.737. The van der Waals surface area contributed by atoms with Crippen molar-refractivity contribution in [3.63, 3.8) is 0 Å². The third-order valence-corrected chi connectivity index (χ3v) is 4.44. The minimum absolute atomic E-state index is 0.141. The number of esters is 1. The predicted octanol–water partition coefficient (Wildman–Crippen LogP) is 3.37. The Labute approximate surface area is 144 Å². The van der Waals surface area contributed by atoms with Crippen molar-refractivity contribution < 1.29 is 14.3 Å². The molecule has 0 spiro atoms. The lowest BCUT2D eigenvalue weighted by Crippen LogP contribution is -2.28. The van der Waals surface area contributed by atoms with Gasteiger partial charge in [0, 0.05) is 11.3 Å². The molecule has 126 valence electrons. The molecule has 2 heterocycles. The summed E-state index contributed by atoms with van der Waals surface area (Å²) in [6.07, 6.45) is 0.141. The molecule has 5 heteroatoms. The number of aromatic nitrogens is 1. The van der Waals surface area contributed by atoms with E-state index < -0.39 is 0 Å². The lowest BCUT2D eigenvalue weighted by atomic mass is 9.86. The molecule has 0 bridgehead atoms. The van der Waals surface area contributed by atoms with Crippen LogP contribution in [0.4, 0.5) is 0 Å². The SMILES string of the molecule is CCOc1ccc(C2CC(=O)Oc3c2c(=O)[nH]c2ccccc32)cc1. The molecule has 1 aromatic heterocycles. The van der Waals surface area contributed by atoms with E-state index in [-0.39, 0.29) is 23.9 Å². The van der Waals surface area contributed by atoms with Crippen molar-refractivity contribution in [3.05, 3.63) is 70.0 Å². The van der Waals surface area contributed by atoms with Crippen LogP contribution in [0.1, 0.15) is 30.4 Å². The fraction of sp³-hybridized carbons (Fsp3) is 0.200. The first-order valence-corrected chi connectivity index (χ1v) is 8.25. The summed E-state index contributed by atoms with van der Waals surface area (Å²) in [7, 11) is 0. The fourth-order valence-corrected chi connectivity index (χ4v) is 3.33. The summed E-state index contributed by atoms with van der Waals surface area (Å²) in [5.41, 5.74) is 1.83. The zero-order valence-electron chi connectivity index (χ0n) is 13.7. The standard InChI is InChI=1S/C20H17NO4/c1-2-24-13-9-7-12(8-10-13)15-11-17(22)25-19-14-5-3-4-6-16(14)21-20(23)18(15)19/h3-10,15H,2,11H2,1H3,(H,21,23). The minimum Gasteiger partial charge on any atom is -0.494 e. The molecular weight excluding hydrogens is 318 g/mol. The van der Waals surface area contributed by atoms with Gasteiger partial charge in [-0.25, -0.2) is 0 Å². The van der Waals surface area contributed by atoms with Crippen LogP contribution in [0.5, 0.6) is 11.5 Å². The molecule has 4 rings (SSSR count). The molecule has 0 saturated carbocycles. The van der Waals surface area contributed by atoms with Crippen molar-refractivity contribution in [1.82, 2.24) is 4.98 Å². The van der Waals surface area contributed by atoms with Gasteiger partial charge in [0.05, 0.1) is 24.1 Å². The van der Waals surface area contributed by atoms with Crippen molar-refractivity contribution in [1.29, 1.82) is 0 Å². The van der Waals surface area contributed by atoms with Crippen LogP contribution in [0.25, 0.3) is 10.9 Å². The molecule has 0 radical (unpaired) electrons. The molecule has 0 amide bonds. The number of hydrogen-bond acceptors (Lipinski definition) is 4. The van der Waals surface area contributed by atoms with Crippen LogP contribution in [0.2, 0.25) is 0 Å². The maximum atomic E-state index is 12.7. The van der Waals surface area contributed by atoms with Gasteiger partial charge in [0.2, 0.25) is 0 Å². The summed E-state index contributed by atoms with van der Waals surface area (Å²) in [5.74, 6) is 0.467. The Hall–Kier alpha value is -3.08. The van der Waals surface area contributed by atoms with Gasteiger partial charge in [0.15, 0.2) is 0 Å². The molecule has 1 N–H and O–H groups in total. The quantitative estimate of drug-likeness (QED) is 0.745. The number of ether oxygens (including phenoxy) is 2. The van der Waals surface area contributed by atoms with Crippen molar-refractivity contribution in [3.8, 4) is 11.5 Å². The first kappa shape index (κ1) is 15.4. The number of rotatable bonds is 3. The van der Waals surface area contributed by atoms with Gasteiger partial charge in [-0.05, 0) is 36.8 Å². The van der Waals surface area contributed by atoms with Crippen molar-refractivity contribution in [2.24, 2.45) is 0 Å². The molecule has 1 aliphatic heterocycles. The number of H-pyrrole nitrogens is 1. The van der Waals surface area contributed by atoms with Gasteiger partial charge in [0.1, 0.15) is 11.5 Å². The van der Waals surface area contributed by atoms with E-state index in [1.165, 1.54) is 0 Å². The number of fused-ring (bicyclic) bond motifs is 3. The molecule has 3 aromatic rings.